The maximum atomic E-state index is 12.2. The van der Waals surface area contributed by atoms with E-state index < -0.39 is 10.0 Å². The zero-order valence-electron chi connectivity index (χ0n) is 15.0. The first kappa shape index (κ1) is 18.0. The Morgan fingerprint density at radius 3 is 2.38 bits per heavy atom. The molecular weight excluding hydrogens is 352 g/mol. The largest absolute Gasteiger partial charge is 0.321 e. The Bertz CT molecular complexity index is 1030. The van der Waals surface area contributed by atoms with Crippen LogP contribution >= 0.6 is 0 Å². The summed E-state index contributed by atoms with van der Waals surface area (Å²) in [6.07, 6.45) is 5.24. The number of rotatable bonds is 5. The molecule has 2 heterocycles. The first-order chi connectivity index (χ1) is 12.3. The molecule has 3 aromatic rings. The van der Waals surface area contributed by atoms with E-state index in [2.05, 4.69) is 20.4 Å². The summed E-state index contributed by atoms with van der Waals surface area (Å²) in [5, 5.41) is 7.20. The molecule has 0 aliphatic rings. The van der Waals surface area contributed by atoms with Gasteiger partial charge in [0, 0.05) is 39.1 Å². The van der Waals surface area contributed by atoms with Crippen molar-refractivity contribution in [3.05, 3.63) is 48.4 Å². The zero-order valence-corrected chi connectivity index (χ0v) is 15.8. The molecule has 3 rings (SSSR count). The minimum Gasteiger partial charge on any atom is -0.321 e. The van der Waals surface area contributed by atoms with E-state index >= 15 is 0 Å². The fourth-order valence-corrected chi connectivity index (χ4v) is 3.31. The van der Waals surface area contributed by atoms with E-state index in [4.69, 9.17) is 0 Å². The number of nitrogens with one attached hydrogen (secondary N) is 1. The molecule has 0 unspecified atom stereocenters. The van der Waals surface area contributed by atoms with E-state index in [1.165, 1.54) is 18.4 Å². The molecule has 0 aliphatic heterocycles. The number of aryl methyl sites for hydroxylation is 2. The van der Waals surface area contributed by atoms with Gasteiger partial charge < -0.3 is 5.32 Å². The molecule has 0 atom stereocenters. The second kappa shape index (κ2) is 6.85. The van der Waals surface area contributed by atoms with Gasteiger partial charge in [-0.2, -0.15) is 5.10 Å². The molecule has 26 heavy (non-hydrogen) atoms. The lowest BCUT2D eigenvalue weighted by atomic mass is 10.1. The smallest absolute Gasteiger partial charge is 0.242 e. The lowest BCUT2D eigenvalue weighted by Gasteiger charge is -2.12. The molecule has 0 bridgehead atoms. The summed E-state index contributed by atoms with van der Waals surface area (Å²) in [7, 11) is 1.39. The lowest BCUT2D eigenvalue weighted by molar-refractivity contribution is 0.521. The zero-order chi connectivity index (χ0) is 18.9. The van der Waals surface area contributed by atoms with Gasteiger partial charge in [-0.3, -0.25) is 4.68 Å². The van der Waals surface area contributed by atoms with Crippen molar-refractivity contribution in [1.82, 2.24) is 24.1 Å². The van der Waals surface area contributed by atoms with Gasteiger partial charge in [0.2, 0.25) is 16.0 Å². The van der Waals surface area contributed by atoms with Crippen LogP contribution in [0.3, 0.4) is 0 Å². The Morgan fingerprint density at radius 1 is 1.12 bits per heavy atom. The first-order valence-corrected chi connectivity index (χ1v) is 9.33. The molecule has 0 saturated heterocycles. The highest BCUT2D eigenvalue weighted by atomic mass is 32.2. The van der Waals surface area contributed by atoms with Gasteiger partial charge in [0.15, 0.2) is 0 Å². The van der Waals surface area contributed by atoms with Crippen molar-refractivity contribution < 1.29 is 8.42 Å². The molecule has 0 saturated carbocycles. The van der Waals surface area contributed by atoms with Gasteiger partial charge in [-0.15, -0.1) is 0 Å². The maximum absolute atomic E-state index is 12.2. The first-order valence-electron chi connectivity index (χ1n) is 7.89. The van der Waals surface area contributed by atoms with E-state index in [0.29, 0.717) is 5.95 Å². The normalized spacial score (nSPS) is 11.7. The molecule has 9 heteroatoms. The van der Waals surface area contributed by atoms with Gasteiger partial charge >= 0.3 is 0 Å². The predicted octanol–water partition coefficient (Wildman–Crippen LogP) is 2.18. The quantitative estimate of drug-likeness (QED) is 0.738. The highest BCUT2D eigenvalue weighted by Crippen LogP contribution is 2.25. The van der Waals surface area contributed by atoms with Crippen LogP contribution in [0.4, 0.5) is 11.6 Å². The maximum Gasteiger partial charge on any atom is 0.242 e. The van der Waals surface area contributed by atoms with Crippen molar-refractivity contribution in [3.8, 4) is 11.3 Å². The van der Waals surface area contributed by atoms with Crippen LogP contribution in [0.25, 0.3) is 11.3 Å². The third-order valence-electron chi connectivity index (χ3n) is 3.84. The van der Waals surface area contributed by atoms with E-state index in [1.54, 1.807) is 41.3 Å². The topological polar surface area (TPSA) is 93.0 Å². The third kappa shape index (κ3) is 3.58. The second-order valence-electron chi connectivity index (χ2n) is 6.06. The average Bonchev–Trinajstić information content (AvgIpc) is 3.01. The van der Waals surface area contributed by atoms with Crippen molar-refractivity contribution in [1.29, 1.82) is 0 Å². The van der Waals surface area contributed by atoms with Crippen molar-refractivity contribution >= 4 is 21.7 Å². The van der Waals surface area contributed by atoms with E-state index in [9.17, 15) is 8.42 Å². The van der Waals surface area contributed by atoms with Gasteiger partial charge in [0.25, 0.3) is 0 Å². The number of aromatic nitrogens is 4. The molecule has 2 aromatic heterocycles. The monoisotopic (exact) mass is 372 g/mol. The Balaban J connectivity index is 1.92. The number of sulfonamides is 1. The molecular formula is C17H20N6O2S. The Kier molecular flexibility index (Phi) is 4.75. The van der Waals surface area contributed by atoms with Gasteiger partial charge in [-0.05, 0) is 24.6 Å². The summed E-state index contributed by atoms with van der Waals surface area (Å²) in [5.74, 6) is 0.448. The Labute approximate surface area is 152 Å². The number of benzene rings is 1. The summed E-state index contributed by atoms with van der Waals surface area (Å²) in [5.41, 5.74) is 3.23. The van der Waals surface area contributed by atoms with Crippen LogP contribution in [0.15, 0.2) is 47.8 Å². The van der Waals surface area contributed by atoms with Crippen LogP contribution in [0.1, 0.15) is 5.56 Å². The predicted molar refractivity (Wildman–Crippen MR) is 99.6 cm³/mol. The van der Waals surface area contributed by atoms with E-state index in [-0.39, 0.29) is 4.90 Å². The highest BCUT2D eigenvalue weighted by Gasteiger charge is 2.17. The minimum absolute atomic E-state index is 0.242. The van der Waals surface area contributed by atoms with Gasteiger partial charge in [0.1, 0.15) is 0 Å². The van der Waals surface area contributed by atoms with Crippen molar-refractivity contribution in [2.24, 2.45) is 7.05 Å². The van der Waals surface area contributed by atoms with E-state index in [1.807, 2.05) is 20.2 Å². The molecule has 8 nitrogen and oxygen atoms in total. The summed E-state index contributed by atoms with van der Waals surface area (Å²) in [6, 6.07) is 6.67. The Morgan fingerprint density at radius 2 is 1.81 bits per heavy atom. The highest BCUT2D eigenvalue weighted by molar-refractivity contribution is 7.89. The summed E-state index contributed by atoms with van der Waals surface area (Å²) < 4.78 is 27.2. The van der Waals surface area contributed by atoms with Crippen LogP contribution in [0.5, 0.6) is 0 Å². The van der Waals surface area contributed by atoms with Crippen molar-refractivity contribution in [2.75, 3.05) is 19.4 Å². The molecule has 0 radical (unpaired) electrons. The van der Waals surface area contributed by atoms with Crippen molar-refractivity contribution in [2.45, 2.75) is 11.8 Å². The lowest BCUT2D eigenvalue weighted by Crippen LogP contribution is -2.22. The van der Waals surface area contributed by atoms with Crippen LogP contribution in [0, 0.1) is 6.92 Å². The SMILES string of the molecule is Cc1cnc(Nc2cnn(C)c2)nc1-c1ccc(S(=O)(=O)N(C)C)cc1. The molecule has 0 fully saturated rings. The number of hydrogen-bond acceptors (Lipinski definition) is 6. The summed E-state index contributed by atoms with van der Waals surface area (Å²) in [4.78, 5) is 9.08. The fraction of sp³-hybridized carbons (Fsp3) is 0.235. The standard InChI is InChI=1S/C17H20N6O2S/c1-12-9-18-17(20-14-10-19-23(4)11-14)21-16(12)13-5-7-15(8-6-13)26(24,25)22(2)3/h5-11H,1-4H3,(H,18,20,21). The molecule has 0 spiro atoms. The second-order valence-corrected chi connectivity index (χ2v) is 8.22. The van der Waals surface area contributed by atoms with Crippen LogP contribution in [0.2, 0.25) is 0 Å². The summed E-state index contributed by atoms with van der Waals surface area (Å²) in [6.45, 7) is 1.91. The van der Waals surface area contributed by atoms with Gasteiger partial charge in [-0.25, -0.2) is 22.7 Å². The third-order valence-corrected chi connectivity index (χ3v) is 5.67. The minimum atomic E-state index is -3.45. The molecule has 136 valence electrons. The molecule has 0 aliphatic carbocycles. The number of nitrogens with zero attached hydrogens (tertiary/aromatic N) is 5. The van der Waals surface area contributed by atoms with Crippen LogP contribution in [-0.4, -0.2) is 46.6 Å². The molecule has 0 amide bonds. The van der Waals surface area contributed by atoms with Crippen LogP contribution in [-0.2, 0) is 17.1 Å². The molecule has 1 aromatic carbocycles. The van der Waals surface area contributed by atoms with Crippen LogP contribution < -0.4 is 5.32 Å². The van der Waals surface area contributed by atoms with Gasteiger partial charge in [-0.1, -0.05) is 12.1 Å². The summed E-state index contributed by atoms with van der Waals surface area (Å²) >= 11 is 0. The molecule has 1 N–H and O–H groups in total. The Hall–Kier alpha value is -2.78. The van der Waals surface area contributed by atoms with Gasteiger partial charge in [0.05, 0.1) is 22.5 Å². The number of anilines is 2. The fourth-order valence-electron chi connectivity index (χ4n) is 2.40. The van der Waals surface area contributed by atoms with Crippen molar-refractivity contribution in [3.63, 3.8) is 0 Å². The number of hydrogen-bond donors (Lipinski definition) is 1. The average molecular weight is 372 g/mol. The van der Waals surface area contributed by atoms with E-state index in [0.717, 1.165) is 22.5 Å².